The van der Waals surface area contributed by atoms with Crippen molar-refractivity contribution >= 4 is 12.0 Å². The first-order chi connectivity index (χ1) is 16.6. The molecule has 1 aliphatic rings. The molecule has 0 amide bonds. The van der Waals surface area contributed by atoms with Crippen molar-refractivity contribution in [3.63, 3.8) is 0 Å². The van der Waals surface area contributed by atoms with Crippen LogP contribution in [-0.2, 0) is 11.2 Å². The summed E-state index contributed by atoms with van der Waals surface area (Å²) in [6, 6.07) is 10.8. The van der Waals surface area contributed by atoms with E-state index in [0.29, 0.717) is 42.5 Å². The smallest absolute Gasteiger partial charge is 0.394 e. The molecule has 35 heavy (non-hydrogen) atoms. The number of nitrogens with zero attached hydrogens (tertiary/aromatic N) is 1. The summed E-state index contributed by atoms with van der Waals surface area (Å²) < 4.78 is 45.3. The quantitative estimate of drug-likeness (QED) is 0.323. The number of halogens is 3. The van der Waals surface area contributed by atoms with Crippen LogP contribution in [0.4, 0.5) is 13.2 Å². The summed E-state index contributed by atoms with van der Waals surface area (Å²) in [5.74, 6) is 0.0559. The zero-order valence-electron chi connectivity index (χ0n) is 20.9. The Kier molecular flexibility index (Phi) is 8.92. The van der Waals surface area contributed by atoms with Gasteiger partial charge in [0.25, 0.3) is 0 Å². The standard InChI is InChI=1S/C29H34F3NO2/c1-5-6-21-9-16-27(33-18-21)28(34)24(19(2)3)14-7-20-8-15-26(30)25(17-20)22-10-12-23(13-11-22)35-29(4,31)32/h8,10-13,15-19,21,24H,5-7,9,14H2,1-4H3. The first kappa shape index (κ1) is 26.7. The Bertz CT molecular complexity index is 1070. The molecule has 2 atom stereocenters. The van der Waals surface area contributed by atoms with E-state index in [2.05, 4.69) is 16.7 Å². The fourth-order valence-electron chi connectivity index (χ4n) is 4.43. The van der Waals surface area contributed by atoms with Crippen LogP contribution < -0.4 is 4.74 Å². The van der Waals surface area contributed by atoms with Gasteiger partial charge in [0.1, 0.15) is 17.3 Å². The third-order valence-electron chi connectivity index (χ3n) is 6.33. The Hall–Kier alpha value is -2.89. The monoisotopic (exact) mass is 485 g/mol. The minimum absolute atomic E-state index is 0.0109. The molecular formula is C29H34F3NO2. The van der Waals surface area contributed by atoms with E-state index in [1.54, 1.807) is 24.3 Å². The van der Waals surface area contributed by atoms with Crippen molar-refractivity contribution in [3.05, 3.63) is 65.6 Å². The lowest BCUT2D eigenvalue weighted by molar-refractivity contribution is -0.158. The molecule has 2 aromatic rings. The average Bonchev–Trinajstić information content (AvgIpc) is 2.80. The number of aryl methyl sites for hydroxylation is 1. The van der Waals surface area contributed by atoms with Gasteiger partial charge in [0.15, 0.2) is 5.78 Å². The van der Waals surface area contributed by atoms with Crippen LogP contribution >= 0.6 is 0 Å². The van der Waals surface area contributed by atoms with Crippen LogP contribution in [0.1, 0.15) is 58.9 Å². The molecule has 188 valence electrons. The number of ketones is 1. The van der Waals surface area contributed by atoms with E-state index in [0.717, 1.165) is 24.8 Å². The summed E-state index contributed by atoms with van der Waals surface area (Å²) >= 11 is 0. The van der Waals surface area contributed by atoms with E-state index in [4.69, 9.17) is 0 Å². The van der Waals surface area contributed by atoms with Gasteiger partial charge in [0.2, 0.25) is 0 Å². The van der Waals surface area contributed by atoms with Crippen molar-refractivity contribution in [2.45, 2.75) is 65.9 Å². The van der Waals surface area contributed by atoms with Crippen molar-refractivity contribution in [2.75, 3.05) is 0 Å². The number of allylic oxidation sites excluding steroid dienone is 2. The number of carbonyl (C=O) groups is 1. The van der Waals surface area contributed by atoms with E-state index in [1.807, 2.05) is 26.1 Å². The topological polar surface area (TPSA) is 38.7 Å². The van der Waals surface area contributed by atoms with Crippen LogP contribution in [0.15, 0.2) is 59.2 Å². The predicted octanol–water partition coefficient (Wildman–Crippen LogP) is 8.03. The summed E-state index contributed by atoms with van der Waals surface area (Å²) in [4.78, 5) is 17.7. The molecule has 0 radical (unpaired) electrons. The Morgan fingerprint density at radius 2 is 1.89 bits per heavy atom. The van der Waals surface area contributed by atoms with Gasteiger partial charge in [-0.1, -0.05) is 51.5 Å². The Balaban J connectivity index is 1.70. The Morgan fingerprint density at radius 1 is 1.17 bits per heavy atom. The second kappa shape index (κ2) is 11.7. The van der Waals surface area contributed by atoms with Crippen LogP contribution in [0.25, 0.3) is 11.1 Å². The third kappa shape index (κ3) is 7.55. The van der Waals surface area contributed by atoms with Crippen LogP contribution in [0.3, 0.4) is 0 Å². The number of Topliss-reactive ketones (excluding diaryl/α,β-unsaturated/α-hetero) is 1. The van der Waals surface area contributed by atoms with Gasteiger partial charge in [0, 0.05) is 24.6 Å². The lowest BCUT2D eigenvalue weighted by Crippen LogP contribution is -2.23. The normalized spacial score (nSPS) is 16.8. The highest BCUT2D eigenvalue weighted by atomic mass is 19.3. The minimum atomic E-state index is -3.28. The molecule has 6 heteroatoms. The van der Waals surface area contributed by atoms with Crippen molar-refractivity contribution in [1.82, 2.24) is 0 Å². The largest absolute Gasteiger partial charge is 0.433 e. The second-order valence-electron chi connectivity index (χ2n) is 9.65. The Labute approximate surface area is 206 Å². The molecule has 0 saturated heterocycles. The molecule has 0 N–H and O–H groups in total. The molecule has 0 spiro atoms. The molecule has 0 bridgehead atoms. The number of ether oxygens (including phenoxy) is 1. The number of benzene rings is 2. The zero-order valence-corrected chi connectivity index (χ0v) is 20.9. The third-order valence-corrected chi connectivity index (χ3v) is 6.33. The lowest BCUT2D eigenvalue weighted by atomic mass is 9.84. The van der Waals surface area contributed by atoms with E-state index in [-0.39, 0.29) is 23.4 Å². The molecule has 0 aliphatic carbocycles. The maximum absolute atomic E-state index is 14.6. The number of rotatable bonds is 11. The maximum atomic E-state index is 14.6. The first-order valence-corrected chi connectivity index (χ1v) is 12.3. The Morgan fingerprint density at radius 3 is 2.46 bits per heavy atom. The first-order valence-electron chi connectivity index (χ1n) is 12.3. The molecule has 2 unspecified atom stereocenters. The van der Waals surface area contributed by atoms with Gasteiger partial charge in [-0.2, -0.15) is 8.78 Å². The highest BCUT2D eigenvalue weighted by molar-refractivity contribution is 5.98. The van der Waals surface area contributed by atoms with Crippen molar-refractivity contribution < 1.29 is 22.7 Å². The van der Waals surface area contributed by atoms with E-state index < -0.39 is 11.9 Å². The number of alkyl halides is 2. The predicted molar refractivity (Wildman–Crippen MR) is 134 cm³/mol. The molecule has 0 fully saturated rings. The lowest BCUT2D eigenvalue weighted by Gasteiger charge is -2.22. The zero-order chi connectivity index (χ0) is 25.6. The molecule has 0 aromatic heterocycles. The molecule has 1 aliphatic heterocycles. The summed E-state index contributed by atoms with van der Waals surface area (Å²) in [5, 5.41) is 0. The highest BCUT2D eigenvalue weighted by Gasteiger charge is 2.26. The van der Waals surface area contributed by atoms with Crippen molar-refractivity contribution in [3.8, 4) is 16.9 Å². The van der Waals surface area contributed by atoms with Crippen LogP contribution in [0, 0.1) is 23.6 Å². The maximum Gasteiger partial charge on any atom is 0.394 e. The van der Waals surface area contributed by atoms with Gasteiger partial charge in [0.05, 0.1) is 0 Å². The molecule has 3 nitrogen and oxygen atoms in total. The van der Waals surface area contributed by atoms with Crippen molar-refractivity contribution in [1.29, 1.82) is 0 Å². The molecule has 2 aromatic carbocycles. The van der Waals surface area contributed by atoms with Crippen molar-refractivity contribution in [2.24, 2.45) is 22.7 Å². The van der Waals surface area contributed by atoms with Crippen LogP contribution in [-0.4, -0.2) is 18.1 Å². The van der Waals surface area contributed by atoms with E-state index in [9.17, 15) is 18.0 Å². The summed E-state index contributed by atoms with van der Waals surface area (Å²) in [5.41, 5.74) is 2.41. The minimum Gasteiger partial charge on any atom is -0.433 e. The van der Waals surface area contributed by atoms with Gasteiger partial charge in [-0.15, -0.1) is 0 Å². The molecule has 3 rings (SSSR count). The second-order valence-corrected chi connectivity index (χ2v) is 9.65. The SMILES string of the molecule is CCCC1C=NC(C(=O)C(CCc2ccc(F)c(-c3ccc(OC(C)(F)F)cc3)c2)C(C)C)=CC1. The van der Waals surface area contributed by atoms with Crippen LogP contribution in [0.2, 0.25) is 0 Å². The fraction of sp³-hybridized carbons (Fsp3) is 0.448. The van der Waals surface area contributed by atoms with Crippen LogP contribution in [0.5, 0.6) is 5.75 Å². The highest BCUT2D eigenvalue weighted by Crippen LogP contribution is 2.30. The molecular weight excluding hydrogens is 451 g/mol. The number of carbonyl (C=O) groups excluding carboxylic acids is 1. The van der Waals surface area contributed by atoms with Gasteiger partial charge in [-0.25, -0.2) is 4.39 Å². The number of hydrogen-bond donors (Lipinski definition) is 0. The van der Waals surface area contributed by atoms with E-state index >= 15 is 0 Å². The average molecular weight is 486 g/mol. The fourth-order valence-corrected chi connectivity index (χ4v) is 4.43. The molecule has 0 saturated carbocycles. The summed E-state index contributed by atoms with van der Waals surface area (Å²) in [6.07, 6.45) is 4.86. The van der Waals surface area contributed by atoms with Gasteiger partial charge >= 0.3 is 6.11 Å². The van der Waals surface area contributed by atoms with Gasteiger partial charge < -0.3 is 4.74 Å². The number of aliphatic imine (C=N–C) groups is 1. The summed E-state index contributed by atoms with van der Waals surface area (Å²) in [6.45, 7) is 6.88. The molecule has 1 heterocycles. The summed E-state index contributed by atoms with van der Waals surface area (Å²) in [7, 11) is 0. The van der Waals surface area contributed by atoms with Gasteiger partial charge in [-0.05, 0) is 72.9 Å². The van der Waals surface area contributed by atoms with Gasteiger partial charge in [-0.3, -0.25) is 9.79 Å². The number of hydrogen-bond acceptors (Lipinski definition) is 3. The van der Waals surface area contributed by atoms with E-state index in [1.165, 1.54) is 18.2 Å².